The van der Waals surface area contributed by atoms with Crippen LogP contribution in [-0.4, -0.2) is 31.0 Å². The number of carbonyl (C=O) groups excluding carboxylic acids is 2. The maximum Gasteiger partial charge on any atom is 0.337 e. The molecule has 1 saturated carbocycles. The molecule has 2 aromatic carbocycles. The minimum absolute atomic E-state index is 0.00414. The van der Waals surface area contributed by atoms with Crippen LogP contribution >= 0.6 is 7.60 Å². The first-order chi connectivity index (χ1) is 15.9. The first-order valence-corrected chi connectivity index (χ1v) is 12.6. The van der Waals surface area contributed by atoms with E-state index in [0.717, 1.165) is 46.9 Å². The molecule has 1 fully saturated rings. The van der Waals surface area contributed by atoms with Crippen LogP contribution in [0.3, 0.4) is 0 Å². The molecule has 2 N–H and O–H groups in total. The van der Waals surface area contributed by atoms with Crippen molar-refractivity contribution in [2.24, 2.45) is 5.73 Å². The molecule has 33 heavy (non-hydrogen) atoms. The Morgan fingerprint density at radius 2 is 1.88 bits per heavy atom. The summed E-state index contributed by atoms with van der Waals surface area (Å²) in [6.45, 7) is 0.674. The van der Waals surface area contributed by atoms with Crippen molar-refractivity contribution in [3.05, 3.63) is 70.9 Å². The van der Waals surface area contributed by atoms with Gasteiger partial charge in [0.25, 0.3) is 0 Å². The van der Waals surface area contributed by atoms with Crippen LogP contribution in [0, 0.1) is 0 Å². The van der Waals surface area contributed by atoms with Crippen molar-refractivity contribution in [3.8, 4) is 0 Å². The maximum atomic E-state index is 13.2. The van der Waals surface area contributed by atoms with Crippen molar-refractivity contribution in [1.82, 2.24) is 4.57 Å². The van der Waals surface area contributed by atoms with Crippen LogP contribution in [0.2, 0.25) is 0 Å². The largest absolute Gasteiger partial charge is 0.369 e. The van der Waals surface area contributed by atoms with Gasteiger partial charge in [-0.15, -0.1) is 0 Å². The number of aldehydes is 1. The average molecular weight is 468 g/mol. The summed E-state index contributed by atoms with van der Waals surface area (Å²) in [6.07, 6.45) is 2.98. The molecule has 1 heterocycles. The van der Waals surface area contributed by atoms with Crippen LogP contribution in [0.4, 0.5) is 0 Å². The van der Waals surface area contributed by atoms with Crippen LogP contribution in [0.5, 0.6) is 0 Å². The van der Waals surface area contributed by atoms with Gasteiger partial charge in [-0.1, -0.05) is 36.4 Å². The molecular weight excluding hydrogens is 439 g/mol. The molecule has 1 aliphatic rings. The molecule has 8 heteroatoms. The van der Waals surface area contributed by atoms with E-state index in [9.17, 15) is 14.2 Å². The van der Waals surface area contributed by atoms with Crippen molar-refractivity contribution in [1.29, 1.82) is 0 Å². The Morgan fingerprint density at radius 3 is 2.45 bits per heavy atom. The number of nitrogens with zero attached hydrogens (tertiary/aromatic N) is 1. The van der Waals surface area contributed by atoms with Crippen LogP contribution in [0.15, 0.2) is 48.5 Å². The third kappa shape index (κ3) is 4.67. The van der Waals surface area contributed by atoms with E-state index in [1.165, 1.54) is 14.2 Å². The van der Waals surface area contributed by atoms with Crippen LogP contribution in [0.1, 0.15) is 53.2 Å². The normalized spacial score (nSPS) is 15.0. The summed E-state index contributed by atoms with van der Waals surface area (Å²) in [5.41, 5.74) is 9.77. The van der Waals surface area contributed by atoms with Crippen LogP contribution in [0.25, 0.3) is 10.9 Å². The van der Waals surface area contributed by atoms with Crippen molar-refractivity contribution >= 4 is 30.7 Å². The minimum atomic E-state index is -3.55. The Bertz CT molecular complexity index is 1210. The third-order valence-corrected chi connectivity index (χ3v) is 8.62. The average Bonchev–Trinajstić information content (AvgIpc) is 3.62. The number of amides is 1. The maximum absolute atomic E-state index is 13.2. The quantitative estimate of drug-likeness (QED) is 0.324. The summed E-state index contributed by atoms with van der Waals surface area (Å²) in [6, 6.07) is 15.9. The van der Waals surface area contributed by atoms with Gasteiger partial charge in [0.2, 0.25) is 5.91 Å². The second-order valence-corrected chi connectivity index (χ2v) is 10.9. The molecule has 1 unspecified atom stereocenters. The van der Waals surface area contributed by atoms with Gasteiger partial charge < -0.3 is 24.1 Å². The van der Waals surface area contributed by atoms with Gasteiger partial charge in [0.05, 0.1) is 12.1 Å². The van der Waals surface area contributed by atoms with Gasteiger partial charge in [0, 0.05) is 43.8 Å². The van der Waals surface area contributed by atoms with Crippen LogP contribution in [-0.2, 0) is 36.2 Å². The summed E-state index contributed by atoms with van der Waals surface area (Å²) in [7, 11) is -0.906. The van der Waals surface area contributed by atoms with Crippen molar-refractivity contribution < 1.29 is 23.2 Å². The van der Waals surface area contributed by atoms with Crippen molar-refractivity contribution in [2.75, 3.05) is 14.2 Å². The SMILES string of the molecule is COP(=O)(OC)C(CC=O)c1ccc2c(c1)c(CC(N)=O)c(C1CC1)n2Cc1ccccc1. The molecule has 0 spiro atoms. The van der Waals surface area contributed by atoms with Gasteiger partial charge in [-0.25, -0.2) is 0 Å². The molecule has 1 aromatic heterocycles. The predicted molar refractivity (Wildman–Crippen MR) is 127 cm³/mol. The Labute approximate surface area is 193 Å². The van der Waals surface area contributed by atoms with E-state index in [1.54, 1.807) is 0 Å². The zero-order valence-electron chi connectivity index (χ0n) is 18.9. The molecule has 174 valence electrons. The first kappa shape index (κ1) is 23.4. The molecular formula is C25H29N2O5P. The molecule has 0 aliphatic heterocycles. The zero-order chi connectivity index (χ0) is 23.6. The second-order valence-electron chi connectivity index (χ2n) is 8.45. The van der Waals surface area contributed by atoms with E-state index in [-0.39, 0.29) is 12.8 Å². The number of aromatic nitrogens is 1. The zero-order valence-corrected chi connectivity index (χ0v) is 19.8. The number of primary amides is 1. The molecule has 0 radical (unpaired) electrons. The molecule has 0 saturated heterocycles. The van der Waals surface area contributed by atoms with E-state index in [0.29, 0.717) is 18.0 Å². The number of rotatable bonds is 11. The highest BCUT2D eigenvalue weighted by molar-refractivity contribution is 7.54. The van der Waals surface area contributed by atoms with Gasteiger partial charge in [-0.05, 0) is 47.6 Å². The topological polar surface area (TPSA) is 101 Å². The molecule has 4 rings (SSSR count). The summed E-state index contributed by atoms with van der Waals surface area (Å²) >= 11 is 0. The van der Waals surface area contributed by atoms with Crippen LogP contribution < -0.4 is 5.73 Å². The van der Waals surface area contributed by atoms with Crippen molar-refractivity contribution in [3.63, 3.8) is 0 Å². The Hall–Kier alpha value is -2.73. The predicted octanol–water partition coefficient (Wildman–Crippen LogP) is 4.71. The summed E-state index contributed by atoms with van der Waals surface area (Å²) in [5, 5.41) is 0.888. The summed E-state index contributed by atoms with van der Waals surface area (Å²) in [5.74, 6) is -0.0151. The molecule has 7 nitrogen and oxygen atoms in total. The highest BCUT2D eigenvalue weighted by Crippen LogP contribution is 2.61. The number of benzene rings is 2. The molecule has 1 aliphatic carbocycles. The van der Waals surface area contributed by atoms with Crippen molar-refractivity contribution in [2.45, 2.75) is 43.8 Å². The minimum Gasteiger partial charge on any atom is -0.369 e. The highest BCUT2D eigenvalue weighted by Gasteiger charge is 2.37. The lowest BCUT2D eigenvalue weighted by Crippen LogP contribution is -2.15. The highest BCUT2D eigenvalue weighted by atomic mass is 31.2. The number of nitrogens with two attached hydrogens (primary N) is 1. The molecule has 1 atom stereocenters. The van der Waals surface area contributed by atoms with E-state index in [1.807, 2.05) is 36.4 Å². The lowest BCUT2D eigenvalue weighted by atomic mass is 10.0. The lowest BCUT2D eigenvalue weighted by Gasteiger charge is -2.23. The fourth-order valence-electron chi connectivity index (χ4n) is 4.66. The first-order valence-electron chi connectivity index (χ1n) is 11.0. The number of carbonyl (C=O) groups is 2. The van der Waals surface area contributed by atoms with E-state index in [4.69, 9.17) is 14.8 Å². The second kappa shape index (κ2) is 9.64. The van der Waals surface area contributed by atoms with E-state index in [2.05, 4.69) is 16.7 Å². The van der Waals surface area contributed by atoms with Gasteiger partial charge in [0.1, 0.15) is 6.29 Å². The lowest BCUT2D eigenvalue weighted by molar-refractivity contribution is -0.117. The Morgan fingerprint density at radius 1 is 1.18 bits per heavy atom. The third-order valence-electron chi connectivity index (χ3n) is 6.33. The number of fused-ring (bicyclic) bond motifs is 1. The van der Waals surface area contributed by atoms with Gasteiger partial charge in [-0.2, -0.15) is 0 Å². The Kier molecular flexibility index (Phi) is 6.84. The van der Waals surface area contributed by atoms with Gasteiger partial charge in [-0.3, -0.25) is 9.36 Å². The molecule has 0 bridgehead atoms. The summed E-state index contributed by atoms with van der Waals surface area (Å²) < 4.78 is 25.9. The fourth-order valence-corrected chi connectivity index (χ4v) is 6.18. The van der Waals surface area contributed by atoms with Gasteiger partial charge >= 0.3 is 7.60 Å². The number of hydrogen-bond donors (Lipinski definition) is 1. The smallest absolute Gasteiger partial charge is 0.337 e. The van der Waals surface area contributed by atoms with Gasteiger partial charge in [0.15, 0.2) is 0 Å². The Balaban J connectivity index is 1.92. The number of hydrogen-bond acceptors (Lipinski definition) is 5. The standard InChI is InChI=1S/C25H29N2O5P/c1-31-33(30,32-2)23(12-13-28)19-10-11-22-20(14-19)21(15-24(26)29)25(18-8-9-18)27(22)16-17-6-4-3-5-7-17/h3-7,10-11,13-14,18,23H,8-9,12,15-16H2,1-2H3,(H2,26,29). The fraction of sp³-hybridized carbons (Fsp3) is 0.360. The molecule has 3 aromatic rings. The monoisotopic (exact) mass is 468 g/mol. The van der Waals surface area contributed by atoms with E-state index >= 15 is 0 Å². The summed E-state index contributed by atoms with van der Waals surface area (Å²) in [4.78, 5) is 23.4. The molecule has 1 amide bonds. The van der Waals surface area contributed by atoms with E-state index < -0.39 is 19.2 Å².